The molecule has 1 saturated heterocycles. The summed E-state index contributed by atoms with van der Waals surface area (Å²) in [6.45, 7) is 1.80. The molecule has 1 aliphatic rings. The Labute approximate surface area is 169 Å². The van der Waals surface area contributed by atoms with Gasteiger partial charge in [-0.3, -0.25) is 4.79 Å². The highest BCUT2D eigenvalue weighted by Gasteiger charge is 2.20. The van der Waals surface area contributed by atoms with Gasteiger partial charge in [0, 0.05) is 46.5 Å². The summed E-state index contributed by atoms with van der Waals surface area (Å²) in [5.74, 6) is 0.722. The van der Waals surface area contributed by atoms with Crippen LogP contribution in [0.15, 0.2) is 48.5 Å². The second-order valence-corrected chi connectivity index (χ2v) is 7.25. The lowest BCUT2D eigenvalue weighted by Crippen LogP contribution is -2.44. The van der Waals surface area contributed by atoms with E-state index in [9.17, 15) is 4.79 Å². The minimum atomic E-state index is -0.131. The third-order valence-corrected chi connectivity index (χ3v) is 5.34. The molecule has 1 heterocycles. The van der Waals surface area contributed by atoms with E-state index in [1.807, 2.05) is 12.1 Å². The first-order chi connectivity index (χ1) is 13.1. The van der Waals surface area contributed by atoms with Gasteiger partial charge in [0.05, 0.1) is 7.11 Å². The monoisotopic (exact) mass is 404 g/mol. The molecule has 0 atom stereocenters. The first-order valence-electron chi connectivity index (χ1n) is 8.88. The standard InChI is InChI=1S/C21H22Cl2N2O2/c1-27-17-7-5-16(6-8-17)25-13-11-15(12-14-25)24-21(26)10-9-18-19(22)3-2-4-20(18)23/h2-10,15H,11-14H2,1H3,(H,24,26)/b10-9+. The van der Waals surface area contributed by atoms with Crippen molar-refractivity contribution in [2.24, 2.45) is 0 Å². The molecular weight excluding hydrogens is 383 g/mol. The molecular formula is C21H22Cl2N2O2. The number of anilines is 1. The van der Waals surface area contributed by atoms with Gasteiger partial charge in [0.1, 0.15) is 5.75 Å². The van der Waals surface area contributed by atoms with Crippen LogP contribution >= 0.6 is 23.2 Å². The predicted molar refractivity (Wildman–Crippen MR) is 112 cm³/mol. The molecule has 0 bridgehead atoms. The van der Waals surface area contributed by atoms with Gasteiger partial charge in [-0.1, -0.05) is 29.3 Å². The molecule has 2 aromatic rings. The second kappa shape index (κ2) is 9.16. The van der Waals surface area contributed by atoms with Crippen molar-refractivity contribution in [2.75, 3.05) is 25.1 Å². The van der Waals surface area contributed by atoms with Crippen LogP contribution < -0.4 is 15.0 Å². The first kappa shape index (κ1) is 19.6. The number of amides is 1. The number of nitrogens with zero attached hydrogens (tertiary/aromatic N) is 1. The highest BCUT2D eigenvalue weighted by atomic mass is 35.5. The van der Waals surface area contributed by atoms with Gasteiger partial charge in [-0.25, -0.2) is 0 Å². The number of halogens is 2. The highest BCUT2D eigenvalue weighted by Crippen LogP contribution is 2.26. The molecule has 0 spiro atoms. The Morgan fingerprint density at radius 2 is 1.74 bits per heavy atom. The Morgan fingerprint density at radius 3 is 2.33 bits per heavy atom. The fourth-order valence-corrected chi connectivity index (χ4v) is 3.68. The Morgan fingerprint density at radius 1 is 1.11 bits per heavy atom. The molecule has 3 rings (SSSR count). The number of nitrogens with one attached hydrogen (secondary N) is 1. The van der Waals surface area contributed by atoms with E-state index in [0.717, 1.165) is 31.7 Å². The lowest BCUT2D eigenvalue weighted by Gasteiger charge is -2.33. The second-order valence-electron chi connectivity index (χ2n) is 6.44. The Kier molecular flexibility index (Phi) is 6.64. The number of ether oxygens (including phenoxy) is 1. The zero-order chi connectivity index (χ0) is 19.2. The van der Waals surface area contributed by atoms with E-state index in [1.54, 1.807) is 31.4 Å². The van der Waals surface area contributed by atoms with E-state index in [-0.39, 0.29) is 11.9 Å². The summed E-state index contributed by atoms with van der Waals surface area (Å²) in [6, 6.07) is 13.5. The topological polar surface area (TPSA) is 41.6 Å². The van der Waals surface area contributed by atoms with Gasteiger partial charge in [0.2, 0.25) is 5.91 Å². The average Bonchev–Trinajstić information content (AvgIpc) is 2.68. The van der Waals surface area contributed by atoms with Crippen LogP contribution in [0.4, 0.5) is 5.69 Å². The average molecular weight is 405 g/mol. The van der Waals surface area contributed by atoms with Crippen LogP contribution in [0, 0.1) is 0 Å². The summed E-state index contributed by atoms with van der Waals surface area (Å²) in [5.41, 5.74) is 1.83. The van der Waals surface area contributed by atoms with Crippen molar-refractivity contribution in [2.45, 2.75) is 18.9 Å². The van der Waals surface area contributed by atoms with E-state index in [1.165, 1.54) is 11.8 Å². The molecule has 142 valence electrons. The Balaban J connectivity index is 1.51. The minimum Gasteiger partial charge on any atom is -0.497 e. The summed E-state index contributed by atoms with van der Waals surface area (Å²) in [5, 5.41) is 4.11. The maximum absolute atomic E-state index is 12.2. The van der Waals surface area contributed by atoms with Gasteiger partial charge in [0.25, 0.3) is 0 Å². The van der Waals surface area contributed by atoms with E-state index >= 15 is 0 Å². The lowest BCUT2D eigenvalue weighted by atomic mass is 10.0. The van der Waals surface area contributed by atoms with Crippen molar-refractivity contribution >= 4 is 40.9 Å². The van der Waals surface area contributed by atoms with Crippen LogP contribution in [-0.2, 0) is 4.79 Å². The van der Waals surface area contributed by atoms with Crippen LogP contribution in [0.3, 0.4) is 0 Å². The molecule has 4 nitrogen and oxygen atoms in total. The van der Waals surface area contributed by atoms with Gasteiger partial charge < -0.3 is 15.0 Å². The zero-order valence-corrected chi connectivity index (χ0v) is 16.6. The number of hydrogen-bond donors (Lipinski definition) is 1. The third-order valence-electron chi connectivity index (χ3n) is 4.68. The Hall–Kier alpha value is -2.17. The molecule has 0 saturated carbocycles. The number of rotatable bonds is 5. The molecule has 2 aromatic carbocycles. The van der Waals surface area contributed by atoms with Crippen molar-refractivity contribution in [3.63, 3.8) is 0 Å². The fourth-order valence-electron chi connectivity index (χ4n) is 3.15. The largest absolute Gasteiger partial charge is 0.497 e. The number of methoxy groups -OCH3 is 1. The molecule has 27 heavy (non-hydrogen) atoms. The van der Waals surface area contributed by atoms with E-state index in [2.05, 4.69) is 22.3 Å². The van der Waals surface area contributed by atoms with Gasteiger partial charge in [-0.2, -0.15) is 0 Å². The van der Waals surface area contributed by atoms with Crippen LogP contribution in [-0.4, -0.2) is 32.1 Å². The number of hydrogen-bond acceptors (Lipinski definition) is 3. The number of carbonyl (C=O) groups excluding carboxylic acids is 1. The van der Waals surface area contributed by atoms with Gasteiger partial charge >= 0.3 is 0 Å². The molecule has 1 amide bonds. The van der Waals surface area contributed by atoms with Crippen molar-refractivity contribution in [3.8, 4) is 5.75 Å². The van der Waals surface area contributed by atoms with E-state index in [4.69, 9.17) is 27.9 Å². The number of benzene rings is 2. The predicted octanol–water partition coefficient (Wildman–Crippen LogP) is 4.80. The molecule has 0 unspecified atom stereocenters. The van der Waals surface area contributed by atoms with E-state index in [0.29, 0.717) is 15.6 Å². The summed E-state index contributed by atoms with van der Waals surface area (Å²) < 4.78 is 5.20. The smallest absolute Gasteiger partial charge is 0.244 e. The molecule has 6 heteroatoms. The van der Waals surface area contributed by atoms with Crippen molar-refractivity contribution < 1.29 is 9.53 Å². The first-order valence-corrected chi connectivity index (χ1v) is 9.64. The van der Waals surface area contributed by atoms with E-state index < -0.39 is 0 Å². The van der Waals surface area contributed by atoms with Crippen LogP contribution in [0.1, 0.15) is 18.4 Å². The van der Waals surface area contributed by atoms with Crippen LogP contribution in [0.2, 0.25) is 10.0 Å². The van der Waals surface area contributed by atoms with Gasteiger partial charge in [-0.05, 0) is 55.3 Å². The quantitative estimate of drug-likeness (QED) is 0.727. The molecule has 0 aliphatic carbocycles. The summed E-state index contributed by atoms with van der Waals surface area (Å²) in [4.78, 5) is 14.5. The molecule has 0 radical (unpaired) electrons. The molecule has 1 N–H and O–H groups in total. The highest BCUT2D eigenvalue weighted by molar-refractivity contribution is 6.37. The van der Waals surface area contributed by atoms with Gasteiger partial charge in [0.15, 0.2) is 0 Å². The molecule has 1 aliphatic heterocycles. The molecule has 1 fully saturated rings. The maximum atomic E-state index is 12.2. The number of carbonyl (C=O) groups is 1. The van der Waals surface area contributed by atoms with Crippen molar-refractivity contribution in [3.05, 3.63) is 64.1 Å². The van der Waals surface area contributed by atoms with Crippen LogP contribution in [0.5, 0.6) is 5.75 Å². The summed E-state index contributed by atoms with van der Waals surface area (Å²) >= 11 is 12.2. The van der Waals surface area contributed by atoms with Crippen LogP contribution in [0.25, 0.3) is 6.08 Å². The Bertz CT molecular complexity index is 793. The maximum Gasteiger partial charge on any atom is 0.244 e. The van der Waals surface area contributed by atoms with Gasteiger partial charge in [-0.15, -0.1) is 0 Å². The fraction of sp³-hybridized carbons (Fsp3) is 0.286. The van der Waals surface area contributed by atoms with Crippen molar-refractivity contribution in [1.82, 2.24) is 5.32 Å². The summed E-state index contributed by atoms with van der Waals surface area (Å²) in [6.07, 6.45) is 4.95. The van der Waals surface area contributed by atoms with Crippen molar-refractivity contribution in [1.29, 1.82) is 0 Å². The minimum absolute atomic E-state index is 0.131. The lowest BCUT2D eigenvalue weighted by molar-refractivity contribution is -0.117. The third kappa shape index (κ3) is 5.18. The summed E-state index contributed by atoms with van der Waals surface area (Å²) in [7, 11) is 1.66. The molecule has 0 aromatic heterocycles. The SMILES string of the molecule is COc1ccc(N2CCC(NC(=O)/C=C/c3c(Cl)cccc3Cl)CC2)cc1. The zero-order valence-electron chi connectivity index (χ0n) is 15.1. The number of piperidine rings is 1. The normalized spacial score (nSPS) is 15.1.